The van der Waals surface area contributed by atoms with Crippen LogP contribution in [0.5, 0.6) is 0 Å². The van der Waals surface area contributed by atoms with Gasteiger partial charge in [0.05, 0.1) is 5.02 Å². The number of hydrogen-bond donors (Lipinski definition) is 1. The van der Waals surface area contributed by atoms with Gasteiger partial charge in [0.1, 0.15) is 5.82 Å². The van der Waals surface area contributed by atoms with Gasteiger partial charge in [-0.15, -0.1) is 0 Å². The zero-order valence-corrected chi connectivity index (χ0v) is 11.8. The third-order valence-corrected chi connectivity index (χ3v) is 3.11. The Bertz CT molecular complexity index is 409. The predicted molar refractivity (Wildman–Crippen MR) is 70.9 cm³/mol. The van der Waals surface area contributed by atoms with Crippen molar-refractivity contribution in [2.45, 2.75) is 13.0 Å². The smallest absolute Gasteiger partial charge is 0.142 e. The largest absolute Gasteiger partial charge is 0.306 e. The molecule has 0 saturated heterocycles. The lowest BCUT2D eigenvalue weighted by Gasteiger charge is -2.17. The first-order chi connectivity index (χ1) is 7.43. The Kier molecular flexibility index (Phi) is 5.25. The summed E-state index contributed by atoms with van der Waals surface area (Å²) in [6.45, 7) is 6.12. The van der Waals surface area contributed by atoms with Crippen LogP contribution in [0.2, 0.25) is 10.0 Å². The minimum absolute atomic E-state index is 0.0627. The maximum absolute atomic E-state index is 13.3. The first kappa shape index (κ1) is 14.0. The highest BCUT2D eigenvalue weighted by molar-refractivity contribution is 9.11. The monoisotopic (exact) mass is 325 g/mol. The maximum Gasteiger partial charge on any atom is 0.142 e. The molecule has 0 aliphatic carbocycles. The van der Waals surface area contributed by atoms with Crippen LogP contribution in [-0.2, 0) is 0 Å². The summed E-state index contributed by atoms with van der Waals surface area (Å²) in [6, 6.07) is 2.61. The molecule has 1 unspecified atom stereocenters. The summed E-state index contributed by atoms with van der Waals surface area (Å²) in [5.74, 6) is -0.465. The highest BCUT2D eigenvalue weighted by atomic mass is 79.9. The lowest BCUT2D eigenvalue weighted by Crippen LogP contribution is -2.20. The summed E-state index contributed by atoms with van der Waals surface area (Å²) in [5.41, 5.74) is 0.567. The number of rotatable bonds is 4. The van der Waals surface area contributed by atoms with Crippen molar-refractivity contribution < 1.29 is 4.39 Å². The average molecular weight is 327 g/mol. The maximum atomic E-state index is 13.3. The standard InChI is InChI=1S/C11H11BrCl2FN/c1-6(12)5-16-7(2)10-8(13)3-4-9(15)11(10)14/h3-4,7,16H,1,5H2,2H3. The zero-order valence-electron chi connectivity index (χ0n) is 8.66. The second-order valence-electron chi connectivity index (χ2n) is 3.38. The van der Waals surface area contributed by atoms with Crippen molar-refractivity contribution in [1.29, 1.82) is 0 Å². The minimum atomic E-state index is -0.465. The molecule has 1 aromatic rings. The molecule has 1 rings (SSSR count). The Labute approximate surface area is 113 Å². The van der Waals surface area contributed by atoms with Gasteiger partial charge in [-0.3, -0.25) is 0 Å². The van der Waals surface area contributed by atoms with Crippen molar-refractivity contribution in [3.05, 3.63) is 44.6 Å². The fourth-order valence-electron chi connectivity index (χ4n) is 1.31. The molecule has 0 heterocycles. The summed E-state index contributed by atoms with van der Waals surface area (Å²) < 4.78 is 14.1. The number of benzene rings is 1. The molecule has 1 nitrogen and oxygen atoms in total. The van der Waals surface area contributed by atoms with E-state index < -0.39 is 5.82 Å². The lowest BCUT2D eigenvalue weighted by molar-refractivity contribution is 0.594. The van der Waals surface area contributed by atoms with E-state index in [0.29, 0.717) is 17.1 Å². The van der Waals surface area contributed by atoms with Crippen molar-refractivity contribution in [3.63, 3.8) is 0 Å². The van der Waals surface area contributed by atoms with Crippen LogP contribution >= 0.6 is 39.1 Å². The van der Waals surface area contributed by atoms with Crippen LogP contribution in [0.3, 0.4) is 0 Å². The molecule has 0 aliphatic heterocycles. The van der Waals surface area contributed by atoms with E-state index in [2.05, 4.69) is 27.8 Å². The quantitative estimate of drug-likeness (QED) is 0.791. The Morgan fingerprint density at radius 3 is 2.75 bits per heavy atom. The minimum Gasteiger partial charge on any atom is -0.306 e. The summed E-state index contributed by atoms with van der Waals surface area (Å²) in [5, 5.41) is 3.64. The van der Waals surface area contributed by atoms with Crippen LogP contribution < -0.4 is 5.32 Å². The molecule has 0 bridgehead atoms. The summed E-state index contributed by atoms with van der Waals surface area (Å²) in [7, 11) is 0. The van der Waals surface area contributed by atoms with E-state index in [1.807, 2.05) is 6.92 Å². The van der Waals surface area contributed by atoms with Gasteiger partial charge in [0, 0.05) is 27.7 Å². The van der Waals surface area contributed by atoms with Gasteiger partial charge in [-0.2, -0.15) is 0 Å². The molecule has 16 heavy (non-hydrogen) atoms. The molecule has 1 atom stereocenters. The Hall–Kier alpha value is -0.0900. The normalized spacial score (nSPS) is 12.6. The van der Waals surface area contributed by atoms with Gasteiger partial charge >= 0.3 is 0 Å². The number of halogens is 4. The van der Waals surface area contributed by atoms with Crippen LogP contribution in [0.25, 0.3) is 0 Å². The van der Waals surface area contributed by atoms with Gasteiger partial charge in [-0.05, 0) is 19.1 Å². The molecule has 0 aromatic heterocycles. The molecule has 0 fully saturated rings. The van der Waals surface area contributed by atoms with E-state index in [4.69, 9.17) is 23.2 Å². The summed E-state index contributed by atoms with van der Waals surface area (Å²) in [4.78, 5) is 0. The van der Waals surface area contributed by atoms with Crippen LogP contribution in [-0.4, -0.2) is 6.54 Å². The molecule has 0 spiro atoms. The molecule has 0 aliphatic rings. The molecule has 0 radical (unpaired) electrons. The molecule has 88 valence electrons. The van der Waals surface area contributed by atoms with Crippen LogP contribution in [0.15, 0.2) is 23.2 Å². The van der Waals surface area contributed by atoms with Crippen LogP contribution in [0, 0.1) is 5.82 Å². The molecular formula is C11H11BrCl2FN. The van der Waals surface area contributed by atoms with Gasteiger partial charge < -0.3 is 5.32 Å². The predicted octanol–water partition coefficient (Wildman–Crippen LogP) is 4.69. The highest BCUT2D eigenvalue weighted by Crippen LogP contribution is 2.32. The zero-order chi connectivity index (χ0) is 12.3. The van der Waals surface area contributed by atoms with E-state index >= 15 is 0 Å². The van der Waals surface area contributed by atoms with Crippen molar-refractivity contribution in [2.24, 2.45) is 0 Å². The number of hydrogen-bond acceptors (Lipinski definition) is 1. The van der Waals surface area contributed by atoms with E-state index in [1.54, 1.807) is 0 Å². The summed E-state index contributed by atoms with van der Waals surface area (Å²) in [6.07, 6.45) is 0. The third-order valence-electron chi connectivity index (χ3n) is 2.11. The third kappa shape index (κ3) is 3.45. The molecule has 0 saturated carbocycles. The molecule has 5 heteroatoms. The second kappa shape index (κ2) is 6.01. The second-order valence-corrected chi connectivity index (χ2v) is 5.28. The average Bonchev–Trinajstić information content (AvgIpc) is 2.21. The topological polar surface area (TPSA) is 12.0 Å². The SMILES string of the molecule is C=C(Br)CNC(C)c1c(Cl)ccc(F)c1Cl. The first-order valence-corrected chi connectivity index (χ1v) is 6.18. The highest BCUT2D eigenvalue weighted by Gasteiger charge is 2.16. The Morgan fingerprint density at radius 1 is 1.56 bits per heavy atom. The fourth-order valence-corrected chi connectivity index (χ4v) is 2.17. The van der Waals surface area contributed by atoms with Gasteiger partial charge in [0.25, 0.3) is 0 Å². The fraction of sp³-hybridized carbons (Fsp3) is 0.273. The van der Waals surface area contributed by atoms with Gasteiger partial charge in [-0.1, -0.05) is 45.7 Å². The Morgan fingerprint density at radius 2 is 2.19 bits per heavy atom. The molecule has 1 aromatic carbocycles. The van der Waals surface area contributed by atoms with Gasteiger partial charge in [-0.25, -0.2) is 4.39 Å². The molecular weight excluding hydrogens is 316 g/mol. The van der Waals surface area contributed by atoms with Crippen molar-refractivity contribution in [1.82, 2.24) is 5.32 Å². The lowest BCUT2D eigenvalue weighted by atomic mass is 10.1. The number of nitrogens with one attached hydrogen (secondary N) is 1. The van der Waals surface area contributed by atoms with Crippen LogP contribution in [0.1, 0.15) is 18.5 Å². The van der Waals surface area contributed by atoms with E-state index in [0.717, 1.165) is 4.48 Å². The van der Waals surface area contributed by atoms with Gasteiger partial charge in [0.2, 0.25) is 0 Å². The molecule has 1 N–H and O–H groups in total. The summed E-state index contributed by atoms with van der Waals surface area (Å²) >= 11 is 15.1. The van der Waals surface area contributed by atoms with Crippen molar-refractivity contribution in [2.75, 3.05) is 6.54 Å². The van der Waals surface area contributed by atoms with Gasteiger partial charge in [0.15, 0.2) is 0 Å². The van der Waals surface area contributed by atoms with Crippen molar-refractivity contribution in [3.8, 4) is 0 Å². The van der Waals surface area contributed by atoms with E-state index in [-0.39, 0.29) is 11.1 Å². The van der Waals surface area contributed by atoms with E-state index in [9.17, 15) is 4.39 Å². The Balaban J connectivity index is 2.94. The van der Waals surface area contributed by atoms with E-state index in [1.165, 1.54) is 12.1 Å². The van der Waals surface area contributed by atoms with Crippen molar-refractivity contribution >= 4 is 39.1 Å². The molecule has 0 amide bonds. The van der Waals surface area contributed by atoms with Crippen LogP contribution in [0.4, 0.5) is 4.39 Å². The first-order valence-electron chi connectivity index (χ1n) is 4.63.